The minimum atomic E-state index is 0.376. The molecule has 0 fully saturated rings. The second-order valence-electron chi connectivity index (χ2n) is 4.31. The van der Waals surface area contributed by atoms with Crippen molar-refractivity contribution in [3.63, 3.8) is 0 Å². The zero-order chi connectivity index (χ0) is 11.4. The molecule has 15 heavy (non-hydrogen) atoms. The molecule has 0 N–H and O–H groups in total. The monoisotopic (exact) mass is 227 g/mol. The lowest BCUT2D eigenvalue weighted by Gasteiger charge is -2.29. The highest BCUT2D eigenvalue weighted by molar-refractivity contribution is 6.31. The van der Waals surface area contributed by atoms with Crippen molar-refractivity contribution in [2.45, 2.75) is 33.7 Å². The van der Waals surface area contributed by atoms with E-state index in [-0.39, 0.29) is 0 Å². The van der Waals surface area contributed by atoms with E-state index in [0.29, 0.717) is 17.1 Å². The number of aromatic nitrogens is 2. The van der Waals surface area contributed by atoms with Crippen molar-refractivity contribution in [3.8, 4) is 0 Å². The molecular formula is C11H18ClN3. The average molecular weight is 228 g/mol. The lowest BCUT2D eigenvalue weighted by Crippen LogP contribution is -2.35. The van der Waals surface area contributed by atoms with Crippen molar-refractivity contribution in [1.82, 2.24) is 9.97 Å². The Morgan fingerprint density at radius 2 is 1.80 bits per heavy atom. The average Bonchev–Trinajstić information content (AvgIpc) is 2.15. The maximum Gasteiger partial charge on any atom is 0.171 e. The highest BCUT2D eigenvalue weighted by Crippen LogP contribution is 2.22. The van der Waals surface area contributed by atoms with Crippen molar-refractivity contribution >= 4 is 17.4 Å². The summed E-state index contributed by atoms with van der Waals surface area (Å²) in [4.78, 5) is 10.5. The fraction of sp³-hybridized carbons (Fsp3) is 0.636. The van der Waals surface area contributed by atoms with Gasteiger partial charge in [-0.3, -0.25) is 0 Å². The summed E-state index contributed by atoms with van der Waals surface area (Å²) in [5, 5.41) is 0.479. The molecule has 0 spiro atoms. The largest absolute Gasteiger partial charge is 0.351 e. The molecule has 1 rings (SSSR count). The first-order valence-electron chi connectivity index (χ1n) is 5.25. The Labute approximate surface area is 96.5 Å². The predicted molar refractivity (Wildman–Crippen MR) is 64.4 cm³/mol. The summed E-state index contributed by atoms with van der Waals surface area (Å²) < 4.78 is 0. The number of anilines is 1. The van der Waals surface area contributed by atoms with Gasteiger partial charge in [-0.2, -0.15) is 0 Å². The molecule has 0 aliphatic carbocycles. The third-order valence-electron chi connectivity index (χ3n) is 2.09. The number of halogens is 1. The Kier molecular flexibility index (Phi) is 4.33. The molecule has 0 aliphatic rings. The fourth-order valence-corrected chi connectivity index (χ4v) is 1.66. The summed E-state index contributed by atoms with van der Waals surface area (Å²) in [5.74, 6) is 1.35. The second kappa shape index (κ2) is 5.31. The van der Waals surface area contributed by atoms with Gasteiger partial charge < -0.3 is 4.90 Å². The number of hydrogen-bond donors (Lipinski definition) is 0. The first kappa shape index (κ1) is 12.2. The van der Waals surface area contributed by atoms with E-state index in [0.717, 1.165) is 12.4 Å². The second-order valence-corrected chi connectivity index (χ2v) is 4.67. The van der Waals surface area contributed by atoms with E-state index < -0.39 is 0 Å². The van der Waals surface area contributed by atoms with Crippen LogP contribution in [-0.2, 0) is 0 Å². The molecule has 4 heteroatoms. The summed E-state index contributed by atoms with van der Waals surface area (Å²) in [6.45, 7) is 9.57. The minimum Gasteiger partial charge on any atom is -0.351 e. The minimum absolute atomic E-state index is 0.376. The smallest absolute Gasteiger partial charge is 0.171 e. The molecule has 84 valence electrons. The molecule has 1 aromatic heterocycles. The van der Waals surface area contributed by atoms with Crippen LogP contribution >= 0.6 is 11.6 Å². The molecule has 0 aromatic carbocycles. The fourth-order valence-electron chi connectivity index (χ4n) is 1.44. The first-order valence-corrected chi connectivity index (χ1v) is 5.63. The molecule has 0 saturated carbocycles. The van der Waals surface area contributed by atoms with Gasteiger partial charge in [0.05, 0.1) is 0 Å². The van der Waals surface area contributed by atoms with Gasteiger partial charge in [0.1, 0.15) is 0 Å². The van der Waals surface area contributed by atoms with Crippen LogP contribution in [0.3, 0.4) is 0 Å². The summed E-state index contributed by atoms with van der Waals surface area (Å²) >= 11 is 6.03. The maximum atomic E-state index is 6.03. The molecule has 1 heterocycles. The molecule has 0 saturated heterocycles. The van der Waals surface area contributed by atoms with Gasteiger partial charge in [0.2, 0.25) is 0 Å². The van der Waals surface area contributed by atoms with Crippen molar-refractivity contribution in [2.24, 2.45) is 5.92 Å². The van der Waals surface area contributed by atoms with Crippen LogP contribution in [0.1, 0.15) is 27.7 Å². The van der Waals surface area contributed by atoms with E-state index in [2.05, 4.69) is 42.6 Å². The summed E-state index contributed by atoms with van der Waals surface area (Å²) in [6.07, 6.45) is 3.29. The van der Waals surface area contributed by atoms with Gasteiger partial charge in [-0.15, -0.1) is 0 Å². The Morgan fingerprint density at radius 1 is 1.20 bits per heavy atom. The van der Waals surface area contributed by atoms with Crippen molar-refractivity contribution in [1.29, 1.82) is 0 Å². The molecule has 0 amide bonds. The van der Waals surface area contributed by atoms with E-state index in [9.17, 15) is 0 Å². The van der Waals surface area contributed by atoms with Crippen LogP contribution in [0.4, 0.5) is 5.82 Å². The molecule has 0 radical (unpaired) electrons. The van der Waals surface area contributed by atoms with Crippen molar-refractivity contribution in [3.05, 3.63) is 17.5 Å². The van der Waals surface area contributed by atoms with Gasteiger partial charge in [0.15, 0.2) is 11.0 Å². The first-order chi connectivity index (χ1) is 7.02. The topological polar surface area (TPSA) is 29.0 Å². The summed E-state index contributed by atoms with van der Waals surface area (Å²) in [5.41, 5.74) is 0. The zero-order valence-corrected chi connectivity index (χ0v) is 10.5. The third kappa shape index (κ3) is 3.34. The molecule has 0 unspecified atom stereocenters. The van der Waals surface area contributed by atoms with Crippen LogP contribution in [0, 0.1) is 5.92 Å². The van der Waals surface area contributed by atoms with Gasteiger partial charge in [-0.1, -0.05) is 25.4 Å². The van der Waals surface area contributed by atoms with E-state index in [4.69, 9.17) is 11.6 Å². The van der Waals surface area contributed by atoms with Crippen LogP contribution in [0.25, 0.3) is 0 Å². The Bertz CT molecular complexity index is 312. The van der Waals surface area contributed by atoms with Gasteiger partial charge in [-0.05, 0) is 19.8 Å². The molecule has 0 aliphatic heterocycles. The molecule has 3 nitrogen and oxygen atoms in total. The van der Waals surface area contributed by atoms with E-state index in [1.807, 2.05) is 0 Å². The third-order valence-corrected chi connectivity index (χ3v) is 2.36. The van der Waals surface area contributed by atoms with Crippen molar-refractivity contribution < 1.29 is 0 Å². The van der Waals surface area contributed by atoms with Gasteiger partial charge in [0, 0.05) is 25.0 Å². The normalized spacial score (nSPS) is 11.1. The molecular weight excluding hydrogens is 210 g/mol. The summed E-state index contributed by atoms with van der Waals surface area (Å²) in [6, 6.07) is 0.376. The quantitative estimate of drug-likeness (QED) is 0.792. The standard InChI is InChI=1S/C11H18ClN3/c1-8(2)7-15(9(3)4)11-10(12)13-5-6-14-11/h5-6,8-9H,7H2,1-4H3. The number of rotatable bonds is 4. The number of hydrogen-bond acceptors (Lipinski definition) is 3. The van der Waals surface area contributed by atoms with Gasteiger partial charge in [0.25, 0.3) is 0 Å². The molecule has 0 atom stereocenters. The van der Waals surface area contributed by atoms with Gasteiger partial charge in [-0.25, -0.2) is 9.97 Å². The highest BCUT2D eigenvalue weighted by atomic mass is 35.5. The lowest BCUT2D eigenvalue weighted by atomic mass is 10.2. The number of nitrogens with zero attached hydrogens (tertiary/aromatic N) is 3. The van der Waals surface area contributed by atoms with Gasteiger partial charge >= 0.3 is 0 Å². The van der Waals surface area contributed by atoms with Crippen LogP contribution in [0.15, 0.2) is 12.4 Å². The molecule has 1 aromatic rings. The Morgan fingerprint density at radius 3 is 2.27 bits per heavy atom. The lowest BCUT2D eigenvalue weighted by molar-refractivity contribution is 0.565. The van der Waals surface area contributed by atoms with Crippen LogP contribution in [0.5, 0.6) is 0 Å². The van der Waals surface area contributed by atoms with Crippen LogP contribution in [0.2, 0.25) is 5.15 Å². The van der Waals surface area contributed by atoms with E-state index in [1.165, 1.54) is 0 Å². The predicted octanol–water partition coefficient (Wildman–Crippen LogP) is 3.00. The Balaban J connectivity index is 2.94. The Hall–Kier alpha value is -0.830. The highest BCUT2D eigenvalue weighted by Gasteiger charge is 2.16. The van der Waals surface area contributed by atoms with Crippen LogP contribution in [-0.4, -0.2) is 22.6 Å². The van der Waals surface area contributed by atoms with E-state index in [1.54, 1.807) is 12.4 Å². The van der Waals surface area contributed by atoms with E-state index >= 15 is 0 Å². The van der Waals surface area contributed by atoms with Crippen LogP contribution < -0.4 is 4.90 Å². The maximum absolute atomic E-state index is 6.03. The summed E-state index contributed by atoms with van der Waals surface area (Å²) in [7, 11) is 0. The van der Waals surface area contributed by atoms with Crippen molar-refractivity contribution in [2.75, 3.05) is 11.4 Å². The molecule has 0 bridgehead atoms. The zero-order valence-electron chi connectivity index (χ0n) is 9.74. The SMILES string of the molecule is CC(C)CN(c1nccnc1Cl)C(C)C.